The summed E-state index contributed by atoms with van der Waals surface area (Å²) in [5.74, 6) is -0.967. The third-order valence-electron chi connectivity index (χ3n) is 3.39. The average molecular weight is 264 g/mol. The van der Waals surface area contributed by atoms with E-state index in [0.717, 1.165) is 6.42 Å². The summed E-state index contributed by atoms with van der Waals surface area (Å²) in [6, 6.07) is 4.28. The number of rotatable bonds is 4. The van der Waals surface area contributed by atoms with Gasteiger partial charge in [-0.1, -0.05) is 0 Å². The minimum absolute atomic E-state index is 0.0794. The number of aromatic carboxylic acids is 1. The molecule has 4 N–H and O–H groups in total. The quantitative estimate of drug-likeness (QED) is 0.758. The van der Waals surface area contributed by atoms with Crippen molar-refractivity contribution in [1.82, 2.24) is 0 Å². The van der Waals surface area contributed by atoms with Gasteiger partial charge >= 0.3 is 5.97 Å². The second-order valence-electron chi connectivity index (χ2n) is 4.68. The molecule has 0 aliphatic heterocycles. The number of anilines is 1. The molecule has 0 saturated heterocycles. The van der Waals surface area contributed by atoms with Crippen LogP contribution in [0.1, 0.15) is 29.6 Å². The van der Waals surface area contributed by atoms with E-state index in [9.17, 15) is 9.59 Å². The van der Waals surface area contributed by atoms with Crippen molar-refractivity contribution in [2.45, 2.75) is 24.8 Å². The van der Waals surface area contributed by atoms with E-state index in [1.54, 1.807) is 0 Å². The molecular formula is C13H16N2O4. The number of amides is 1. The fraction of sp³-hybridized carbons (Fsp3) is 0.385. The minimum Gasteiger partial charge on any atom is -0.495 e. The summed E-state index contributed by atoms with van der Waals surface area (Å²) >= 11 is 0. The molecule has 1 saturated carbocycles. The fourth-order valence-corrected chi connectivity index (χ4v) is 1.97. The summed E-state index contributed by atoms with van der Waals surface area (Å²) in [5, 5.41) is 11.6. The maximum absolute atomic E-state index is 12.0. The highest BCUT2D eigenvalue weighted by atomic mass is 16.5. The van der Waals surface area contributed by atoms with E-state index in [-0.39, 0.29) is 11.5 Å². The normalized spacial score (nSPS) is 16.3. The van der Waals surface area contributed by atoms with Gasteiger partial charge in [-0.3, -0.25) is 4.79 Å². The molecule has 6 heteroatoms. The standard InChI is InChI=1S/C13H16N2O4/c1-19-10-4-3-8(11(16)17)7-9(10)15-12(18)13(14)5-2-6-13/h3-4,7H,2,5-6,14H2,1H3,(H,15,18)(H,16,17). The minimum atomic E-state index is -1.07. The van der Waals surface area contributed by atoms with Gasteiger partial charge in [-0.15, -0.1) is 0 Å². The lowest BCUT2D eigenvalue weighted by molar-refractivity contribution is -0.123. The Morgan fingerprint density at radius 1 is 1.42 bits per heavy atom. The van der Waals surface area contributed by atoms with Crippen molar-refractivity contribution in [3.05, 3.63) is 23.8 Å². The molecule has 1 aromatic carbocycles. The van der Waals surface area contributed by atoms with Gasteiger partial charge in [-0.05, 0) is 37.5 Å². The van der Waals surface area contributed by atoms with Gasteiger partial charge in [0.2, 0.25) is 5.91 Å². The van der Waals surface area contributed by atoms with Gasteiger partial charge in [0.05, 0.1) is 23.9 Å². The zero-order valence-electron chi connectivity index (χ0n) is 10.6. The summed E-state index contributed by atoms with van der Waals surface area (Å²) in [6.45, 7) is 0. The smallest absolute Gasteiger partial charge is 0.335 e. The van der Waals surface area contributed by atoms with Crippen LogP contribution in [0.25, 0.3) is 0 Å². The Morgan fingerprint density at radius 3 is 2.58 bits per heavy atom. The summed E-state index contributed by atoms with van der Waals surface area (Å²) in [7, 11) is 1.45. The molecule has 1 aliphatic carbocycles. The van der Waals surface area contributed by atoms with Crippen molar-refractivity contribution >= 4 is 17.6 Å². The van der Waals surface area contributed by atoms with Gasteiger partial charge in [-0.2, -0.15) is 0 Å². The zero-order chi connectivity index (χ0) is 14.0. The van der Waals surface area contributed by atoms with Crippen LogP contribution >= 0.6 is 0 Å². The number of carboxylic acid groups (broad SMARTS) is 1. The van der Waals surface area contributed by atoms with Crippen LogP contribution in [0, 0.1) is 0 Å². The van der Waals surface area contributed by atoms with E-state index in [1.165, 1.54) is 25.3 Å². The second kappa shape index (κ2) is 4.89. The maximum atomic E-state index is 12.0. The van der Waals surface area contributed by atoms with Crippen molar-refractivity contribution in [3.8, 4) is 5.75 Å². The summed E-state index contributed by atoms with van der Waals surface area (Å²) in [5.41, 5.74) is 5.47. The van der Waals surface area contributed by atoms with Crippen LogP contribution in [0.15, 0.2) is 18.2 Å². The number of carbonyl (C=O) groups is 2. The first-order chi connectivity index (χ1) is 8.96. The lowest BCUT2D eigenvalue weighted by atomic mass is 9.77. The van der Waals surface area contributed by atoms with E-state index in [2.05, 4.69) is 5.32 Å². The molecule has 2 rings (SSSR count). The van der Waals surface area contributed by atoms with Crippen LogP contribution in [0.3, 0.4) is 0 Å². The Labute approximate surface area is 110 Å². The molecule has 1 aliphatic rings. The van der Waals surface area contributed by atoms with Crippen molar-refractivity contribution in [2.75, 3.05) is 12.4 Å². The molecule has 6 nitrogen and oxygen atoms in total. The summed E-state index contributed by atoms with van der Waals surface area (Å²) in [4.78, 5) is 23.0. The van der Waals surface area contributed by atoms with Gasteiger partial charge in [0.15, 0.2) is 0 Å². The summed E-state index contributed by atoms with van der Waals surface area (Å²) < 4.78 is 5.10. The lowest BCUT2D eigenvalue weighted by Gasteiger charge is -2.36. The predicted molar refractivity (Wildman–Crippen MR) is 69.4 cm³/mol. The lowest BCUT2D eigenvalue weighted by Crippen LogP contribution is -2.56. The van der Waals surface area contributed by atoms with Crippen molar-refractivity contribution in [2.24, 2.45) is 5.73 Å². The number of carboxylic acids is 1. The van der Waals surface area contributed by atoms with E-state index in [4.69, 9.17) is 15.6 Å². The molecule has 0 radical (unpaired) electrons. The number of nitrogens with two attached hydrogens (primary N) is 1. The average Bonchev–Trinajstić information content (AvgIpc) is 2.35. The maximum Gasteiger partial charge on any atom is 0.335 e. The molecule has 0 aromatic heterocycles. The van der Waals surface area contributed by atoms with E-state index >= 15 is 0 Å². The third-order valence-corrected chi connectivity index (χ3v) is 3.39. The van der Waals surface area contributed by atoms with Crippen LogP contribution in [0.2, 0.25) is 0 Å². The van der Waals surface area contributed by atoms with Crippen LogP contribution in [-0.2, 0) is 4.79 Å². The zero-order valence-corrected chi connectivity index (χ0v) is 10.6. The number of ether oxygens (including phenoxy) is 1. The Bertz CT molecular complexity index is 523. The molecule has 102 valence electrons. The highest BCUT2D eigenvalue weighted by molar-refractivity contribution is 6.00. The molecule has 0 heterocycles. The van der Waals surface area contributed by atoms with E-state index in [0.29, 0.717) is 24.3 Å². The SMILES string of the molecule is COc1ccc(C(=O)O)cc1NC(=O)C1(N)CCC1. The highest BCUT2D eigenvalue weighted by Gasteiger charge is 2.40. The Kier molecular flexibility index (Phi) is 3.44. The monoisotopic (exact) mass is 264 g/mol. The molecule has 0 bridgehead atoms. The highest BCUT2D eigenvalue weighted by Crippen LogP contribution is 2.32. The first kappa shape index (κ1) is 13.4. The van der Waals surface area contributed by atoms with Gasteiger partial charge in [0.1, 0.15) is 5.75 Å². The largest absolute Gasteiger partial charge is 0.495 e. The predicted octanol–water partition coefficient (Wildman–Crippen LogP) is 1.21. The number of hydrogen-bond acceptors (Lipinski definition) is 4. The molecule has 0 spiro atoms. The number of benzene rings is 1. The van der Waals surface area contributed by atoms with E-state index in [1.807, 2.05) is 0 Å². The van der Waals surface area contributed by atoms with E-state index < -0.39 is 11.5 Å². The topological polar surface area (TPSA) is 102 Å². The number of methoxy groups -OCH3 is 1. The van der Waals surface area contributed by atoms with Gasteiger partial charge in [0, 0.05) is 0 Å². The Morgan fingerprint density at radius 2 is 2.11 bits per heavy atom. The third kappa shape index (κ3) is 2.53. The molecule has 1 fully saturated rings. The van der Waals surface area contributed by atoms with Gasteiger partial charge in [-0.25, -0.2) is 4.79 Å². The fourth-order valence-electron chi connectivity index (χ4n) is 1.97. The first-order valence-corrected chi connectivity index (χ1v) is 5.98. The Balaban J connectivity index is 2.24. The molecule has 0 unspecified atom stereocenters. The molecule has 19 heavy (non-hydrogen) atoms. The molecule has 1 amide bonds. The first-order valence-electron chi connectivity index (χ1n) is 5.98. The van der Waals surface area contributed by atoms with Gasteiger partial charge in [0.25, 0.3) is 0 Å². The molecule has 0 atom stereocenters. The van der Waals surface area contributed by atoms with Gasteiger partial charge < -0.3 is 20.9 Å². The van der Waals surface area contributed by atoms with Crippen molar-refractivity contribution in [3.63, 3.8) is 0 Å². The number of nitrogens with one attached hydrogen (secondary N) is 1. The number of hydrogen-bond donors (Lipinski definition) is 3. The van der Waals surface area contributed by atoms with Crippen LogP contribution in [0.5, 0.6) is 5.75 Å². The van der Waals surface area contributed by atoms with Crippen LogP contribution in [0.4, 0.5) is 5.69 Å². The van der Waals surface area contributed by atoms with Crippen LogP contribution in [-0.4, -0.2) is 29.6 Å². The molecule has 1 aromatic rings. The van der Waals surface area contributed by atoms with Crippen LogP contribution < -0.4 is 15.8 Å². The van der Waals surface area contributed by atoms with Crippen molar-refractivity contribution in [1.29, 1.82) is 0 Å². The molecular weight excluding hydrogens is 248 g/mol. The summed E-state index contributed by atoms with van der Waals surface area (Å²) in [6.07, 6.45) is 2.20. The number of carbonyl (C=O) groups excluding carboxylic acids is 1. The Hall–Kier alpha value is -2.08. The van der Waals surface area contributed by atoms with Crippen molar-refractivity contribution < 1.29 is 19.4 Å². The second-order valence-corrected chi connectivity index (χ2v) is 4.68.